The number of anilines is 1. The molecule has 0 spiro atoms. The Bertz CT molecular complexity index is 706. The molecule has 22 heavy (non-hydrogen) atoms. The summed E-state index contributed by atoms with van der Waals surface area (Å²) in [5.41, 5.74) is 1.84. The number of rotatable bonds is 3. The minimum atomic E-state index is -0.0525. The van der Waals surface area contributed by atoms with Crippen molar-refractivity contribution in [1.29, 1.82) is 0 Å². The van der Waals surface area contributed by atoms with Crippen LogP contribution in [0.1, 0.15) is 12.1 Å². The van der Waals surface area contributed by atoms with Gasteiger partial charge in [0.15, 0.2) is 0 Å². The van der Waals surface area contributed by atoms with Crippen LogP contribution in [0.3, 0.4) is 0 Å². The topological polar surface area (TPSA) is 36.4 Å². The Kier molecular flexibility index (Phi) is 3.36. The van der Waals surface area contributed by atoms with E-state index in [-0.39, 0.29) is 18.0 Å². The molecule has 2 bridgehead atoms. The molecule has 112 valence electrons. The lowest BCUT2D eigenvalue weighted by Gasteiger charge is -2.34. The number of aromatic nitrogens is 1. The SMILES string of the molecule is O=C1[C@@H]2C[C@@H](CN2Cc2ccccn2)N1c1ccccc1Cl. The maximum atomic E-state index is 12.7. The zero-order chi connectivity index (χ0) is 15.1. The molecule has 2 fully saturated rings. The fourth-order valence-electron chi connectivity index (χ4n) is 3.50. The number of carbonyl (C=O) groups is 1. The maximum Gasteiger partial charge on any atom is 0.244 e. The molecule has 2 aliphatic rings. The number of hydrogen-bond donors (Lipinski definition) is 0. The largest absolute Gasteiger partial charge is 0.305 e. The lowest BCUT2D eigenvalue weighted by molar-refractivity contribution is -0.122. The van der Waals surface area contributed by atoms with Gasteiger partial charge in [0.05, 0.1) is 28.5 Å². The fourth-order valence-corrected chi connectivity index (χ4v) is 3.73. The van der Waals surface area contributed by atoms with Gasteiger partial charge in [0.1, 0.15) is 0 Å². The van der Waals surface area contributed by atoms with Crippen LogP contribution in [-0.2, 0) is 11.3 Å². The van der Waals surface area contributed by atoms with Gasteiger partial charge >= 0.3 is 0 Å². The van der Waals surface area contributed by atoms with Crippen LogP contribution in [0.4, 0.5) is 5.69 Å². The van der Waals surface area contributed by atoms with Crippen LogP contribution < -0.4 is 4.90 Å². The van der Waals surface area contributed by atoms with Gasteiger partial charge in [-0.15, -0.1) is 0 Å². The zero-order valence-corrected chi connectivity index (χ0v) is 12.8. The maximum absolute atomic E-state index is 12.7. The average Bonchev–Trinajstić information content (AvgIpc) is 3.07. The number of pyridine rings is 1. The summed E-state index contributed by atoms with van der Waals surface area (Å²) in [6.45, 7) is 1.60. The number of benzene rings is 1. The van der Waals surface area contributed by atoms with Gasteiger partial charge in [0.25, 0.3) is 0 Å². The number of carbonyl (C=O) groups excluding carboxylic acids is 1. The number of nitrogens with zero attached hydrogens (tertiary/aromatic N) is 3. The van der Waals surface area contributed by atoms with Gasteiger partial charge in [-0.1, -0.05) is 29.8 Å². The fraction of sp³-hybridized carbons (Fsp3) is 0.294. The summed E-state index contributed by atoms with van der Waals surface area (Å²) < 4.78 is 0. The molecule has 1 aromatic heterocycles. The Morgan fingerprint density at radius 3 is 2.73 bits per heavy atom. The summed E-state index contributed by atoms with van der Waals surface area (Å²) in [5.74, 6) is 0.153. The van der Waals surface area contributed by atoms with E-state index in [0.29, 0.717) is 5.02 Å². The number of halogens is 1. The predicted octanol–water partition coefficient (Wildman–Crippen LogP) is 2.72. The van der Waals surface area contributed by atoms with Crippen molar-refractivity contribution in [2.24, 2.45) is 0 Å². The molecule has 0 N–H and O–H groups in total. The van der Waals surface area contributed by atoms with E-state index in [1.807, 2.05) is 47.4 Å². The second-order valence-corrected chi connectivity index (χ2v) is 6.22. The molecule has 0 aliphatic carbocycles. The molecule has 5 heteroatoms. The normalized spacial score (nSPS) is 24.2. The number of piperazine rings is 1. The van der Waals surface area contributed by atoms with Crippen LogP contribution in [-0.4, -0.2) is 34.4 Å². The van der Waals surface area contributed by atoms with Gasteiger partial charge in [-0.05, 0) is 30.7 Å². The first-order valence-electron chi connectivity index (χ1n) is 7.45. The minimum absolute atomic E-state index is 0.0525. The summed E-state index contributed by atoms with van der Waals surface area (Å²) in [6, 6.07) is 13.6. The summed E-state index contributed by atoms with van der Waals surface area (Å²) in [4.78, 5) is 21.2. The minimum Gasteiger partial charge on any atom is -0.305 e. The van der Waals surface area contributed by atoms with E-state index in [4.69, 9.17) is 11.6 Å². The summed E-state index contributed by atoms with van der Waals surface area (Å²) >= 11 is 6.26. The molecule has 0 saturated carbocycles. The van der Waals surface area contributed by atoms with Gasteiger partial charge in [0.2, 0.25) is 5.91 Å². The van der Waals surface area contributed by atoms with E-state index in [2.05, 4.69) is 9.88 Å². The van der Waals surface area contributed by atoms with E-state index >= 15 is 0 Å². The highest BCUT2D eigenvalue weighted by Gasteiger charge is 2.50. The van der Waals surface area contributed by atoms with Gasteiger partial charge in [0, 0.05) is 19.3 Å². The van der Waals surface area contributed by atoms with Crippen molar-refractivity contribution in [3.63, 3.8) is 0 Å². The van der Waals surface area contributed by atoms with E-state index in [1.54, 1.807) is 6.20 Å². The van der Waals surface area contributed by atoms with Crippen LogP contribution >= 0.6 is 11.6 Å². The molecular formula is C17H16ClN3O. The number of para-hydroxylation sites is 1. The highest BCUT2D eigenvalue weighted by Crippen LogP contribution is 2.38. The molecule has 0 unspecified atom stereocenters. The Morgan fingerprint density at radius 1 is 1.18 bits per heavy atom. The quantitative estimate of drug-likeness (QED) is 0.874. The smallest absolute Gasteiger partial charge is 0.244 e. The molecular weight excluding hydrogens is 298 g/mol. The Labute approximate surface area is 134 Å². The summed E-state index contributed by atoms with van der Waals surface area (Å²) in [7, 11) is 0. The van der Waals surface area contributed by atoms with Crippen molar-refractivity contribution in [3.8, 4) is 0 Å². The first-order chi connectivity index (χ1) is 10.7. The van der Waals surface area contributed by atoms with Gasteiger partial charge in [-0.25, -0.2) is 0 Å². The number of likely N-dealkylation sites (tertiary alicyclic amines) is 1. The second-order valence-electron chi connectivity index (χ2n) is 5.82. The van der Waals surface area contributed by atoms with Crippen LogP contribution in [0.15, 0.2) is 48.7 Å². The third kappa shape index (κ3) is 2.19. The van der Waals surface area contributed by atoms with Crippen molar-refractivity contribution in [1.82, 2.24) is 9.88 Å². The van der Waals surface area contributed by atoms with Crippen molar-refractivity contribution >= 4 is 23.2 Å². The molecule has 2 aliphatic heterocycles. The van der Waals surface area contributed by atoms with E-state index in [1.165, 1.54) is 0 Å². The van der Waals surface area contributed by atoms with E-state index in [9.17, 15) is 4.79 Å². The zero-order valence-electron chi connectivity index (χ0n) is 12.0. The molecule has 4 rings (SSSR count). The lowest BCUT2D eigenvalue weighted by Crippen LogP contribution is -2.50. The van der Waals surface area contributed by atoms with Gasteiger partial charge < -0.3 is 4.90 Å². The van der Waals surface area contributed by atoms with E-state index in [0.717, 1.165) is 30.9 Å². The number of amides is 1. The number of fused-ring (bicyclic) bond motifs is 2. The van der Waals surface area contributed by atoms with Crippen LogP contribution in [0.2, 0.25) is 5.02 Å². The Morgan fingerprint density at radius 2 is 2.00 bits per heavy atom. The van der Waals surface area contributed by atoms with Crippen molar-refractivity contribution in [2.75, 3.05) is 11.4 Å². The summed E-state index contributed by atoms with van der Waals surface area (Å²) in [6.07, 6.45) is 2.67. The van der Waals surface area contributed by atoms with Crippen LogP contribution in [0, 0.1) is 0 Å². The van der Waals surface area contributed by atoms with E-state index < -0.39 is 0 Å². The Balaban J connectivity index is 1.55. The molecule has 1 aromatic carbocycles. The molecule has 2 atom stereocenters. The molecule has 4 nitrogen and oxygen atoms in total. The van der Waals surface area contributed by atoms with Crippen molar-refractivity contribution in [3.05, 3.63) is 59.4 Å². The van der Waals surface area contributed by atoms with Crippen molar-refractivity contribution in [2.45, 2.75) is 25.0 Å². The average molecular weight is 314 g/mol. The molecule has 2 aromatic rings. The molecule has 3 heterocycles. The molecule has 2 saturated heterocycles. The summed E-state index contributed by atoms with van der Waals surface area (Å²) in [5, 5.41) is 0.639. The second kappa shape index (κ2) is 5.38. The lowest BCUT2D eigenvalue weighted by atomic mass is 10.2. The standard InChI is InChI=1S/C17H16ClN3O/c18-14-6-1-2-7-15(14)21-13-9-16(17(21)22)20(11-13)10-12-5-3-4-8-19-12/h1-8,13,16H,9-11H2/t13-,16-/m0/s1. The first-order valence-corrected chi connectivity index (χ1v) is 7.83. The van der Waals surface area contributed by atoms with Crippen LogP contribution in [0.5, 0.6) is 0 Å². The molecule has 0 radical (unpaired) electrons. The third-order valence-corrected chi connectivity index (χ3v) is 4.79. The highest BCUT2D eigenvalue weighted by atomic mass is 35.5. The molecule has 1 amide bonds. The van der Waals surface area contributed by atoms with Crippen molar-refractivity contribution < 1.29 is 4.79 Å². The Hall–Kier alpha value is -1.91. The van der Waals surface area contributed by atoms with Crippen LogP contribution in [0.25, 0.3) is 0 Å². The van der Waals surface area contributed by atoms with Gasteiger partial charge in [-0.2, -0.15) is 0 Å². The van der Waals surface area contributed by atoms with Gasteiger partial charge in [-0.3, -0.25) is 14.7 Å². The highest BCUT2D eigenvalue weighted by molar-refractivity contribution is 6.34. The monoisotopic (exact) mass is 313 g/mol. The first kappa shape index (κ1) is 13.7. The predicted molar refractivity (Wildman–Crippen MR) is 85.8 cm³/mol. The number of hydrogen-bond acceptors (Lipinski definition) is 3. The third-order valence-electron chi connectivity index (χ3n) is 4.47.